The molecule has 1 rings (SSSR count). The molecule has 1 aromatic rings. The Morgan fingerprint density at radius 3 is 2.77 bits per heavy atom. The van der Waals surface area contributed by atoms with E-state index in [1.54, 1.807) is 12.4 Å². The summed E-state index contributed by atoms with van der Waals surface area (Å²) in [4.78, 5) is 6.11. The van der Waals surface area contributed by atoms with Gasteiger partial charge in [0.1, 0.15) is 0 Å². The van der Waals surface area contributed by atoms with Crippen molar-refractivity contribution < 1.29 is 0 Å². The van der Waals surface area contributed by atoms with Gasteiger partial charge in [-0.1, -0.05) is 6.92 Å². The Balaban J connectivity index is 2.98. The van der Waals surface area contributed by atoms with Gasteiger partial charge in [-0.15, -0.1) is 0 Å². The van der Waals surface area contributed by atoms with Gasteiger partial charge in [0.25, 0.3) is 0 Å². The second kappa shape index (κ2) is 4.46. The summed E-state index contributed by atoms with van der Waals surface area (Å²) in [5.74, 6) is 0. The third-order valence-corrected chi connectivity index (χ3v) is 2.42. The van der Waals surface area contributed by atoms with Crippen LogP contribution in [0.5, 0.6) is 0 Å². The fourth-order valence-corrected chi connectivity index (χ4v) is 1.94. The highest BCUT2D eigenvalue weighted by Crippen LogP contribution is 2.30. The molecular weight excluding hydrogens is 230 g/mol. The van der Waals surface area contributed by atoms with Crippen LogP contribution in [0.4, 0.5) is 11.4 Å². The van der Waals surface area contributed by atoms with Gasteiger partial charge < -0.3 is 10.6 Å². The molecule has 1 heterocycles. The van der Waals surface area contributed by atoms with Crippen molar-refractivity contribution >= 4 is 27.3 Å². The number of nitrogens with two attached hydrogens (primary N) is 1. The Morgan fingerprint density at radius 1 is 1.54 bits per heavy atom. The van der Waals surface area contributed by atoms with Crippen LogP contribution in [0, 0.1) is 0 Å². The maximum Gasteiger partial charge on any atom is 0.0773 e. The Labute approximate surface area is 87.1 Å². The van der Waals surface area contributed by atoms with E-state index in [0.717, 1.165) is 23.1 Å². The zero-order valence-corrected chi connectivity index (χ0v) is 9.50. The molecule has 0 saturated carbocycles. The van der Waals surface area contributed by atoms with Crippen molar-refractivity contribution in [1.29, 1.82) is 0 Å². The molecule has 0 aromatic carbocycles. The summed E-state index contributed by atoms with van der Waals surface area (Å²) in [6.45, 7) is 3.13. The van der Waals surface area contributed by atoms with Crippen LogP contribution < -0.4 is 10.6 Å². The largest absolute Gasteiger partial charge is 0.396 e. The minimum atomic E-state index is 0.713. The first kappa shape index (κ1) is 10.3. The fraction of sp³-hybridized carbons (Fsp3) is 0.444. The molecule has 0 bridgehead atoms. The third kappa shape index (κ3) is 2.34. The van der Waals surface area contributed by atoms with Crippen LogP contribution in [-0.4, -0.2) is 18.6 Å². The van der Waals surface area contributed by atoms with Crippen LogP contribution in [0.1, 0.15) is 13.3 Å². The van der Waals surface area contributed by atoms with Gasteiger partial charge in [-0.25, -0.2) is 0 Å². The predicted octanol–water partition coefficient (Wildman–Crippen LogP) is 2.27. The quantitative estimate of drug-likeness (QED) is 0.886. The van der Waals surface area contributed by atoms with Crippen molar-refractivity contribution in [2.24, 2.45) is 0 Å². The summed E-state index contributed by atoms with van der Waals surface area (Å²) >= 11 is 3.43. The SMILES string of the molecule is CCCN(C)c1c(N)cncc1Br. The van der Waals surface area contributed by atoms with Crippen molar-refractivity contribution in [2.45, 2.75) is 13.3 Å². The minimum Gasteiger partial charge on any atom is -0.396 e. The maximum absolute atomic E-state index is 5.82. The van der Waals surface area contributed by atoms with Crippen LogP contribution in [0.15, 0.2) is 16.9 Å². The van der Waals surface area contributed by atoms with E-state index in [1.165, 1.54) is 0 Å². The summed E-state index contributed by atoms with van der Waals surface area (Å²) in [5, 5.41) is 0. The summed E-state index contributed by atoms with van der Waals surface area (Å²) in [6, 6.07) is 0. The Bertz CT molecular complexity index is 268. The number of hydrogen-bond donors (Lipinski definition) is 1. The van der Waals surface area contributed by atoms with E-state index in [0.29, 0.717) is 5.69 Å². The van der Waals surface area contributed by atoms with E-state index in [9.17, 15) is 0 Å². The van der Waals surface area contributed by atoms with Crippen LogP contribution >= 0.6 is 15.9 Å². The van der Waals surface area contributed by atoms with Crippen molar-refractivity contribution in [2.75, 3.05) is 24.2 Å². The van der Waals surface area contributed by atoms with E-state index in [4.69, 9.17) is 5.73 Å². The summed E-state index contributed by atoms with van der Waals surface area (Å²) < 4.78 is 0.948. The van der Waals surface area contributed by atoms with Gasteiger partial charge in [0.15, 0.2) is 0 Å². The molecule has 0 aliphatic carbocycles. The highest BCUT2D eigenvalue weighted by Gasteiger charge is 2.08. The lowest BCUT2D eigenvalue weighted by Crippen LogP contribution is -2.19. The lowest BCUT2D eigenvalue weighted by atomic mass is 10.3. The number of nitrogen functional groups attached to an aromatic ring is 1. The average Bonchev–Trinajstić information content (AvgIpc) is 2.04. The van der Waals surface area contributed by atoms with E-state index < -0.39 is 0 Å². The molecule has 0 fully saturated rings. The summed E-state index contributed by atoms with van der Waals surface area (Å²) in [5.41, 5.74) is 7.56. The monoisotopic (exact) mass is 243 g/mol. The fourth-order valence-electron chi connectivity index (χ4n) is 1.29. The van der Waals surface area contributed by atoms with Gasteiger partial charge in [-0.2, -0.15) is 0 Å². The normalized spacial score (nSPS) is 10.1. The van der Waals surface area contributed by atoms with Crippen molar-refractivity contribution in [3.8, 4) is 0 Å². The zero-order chi connectivity index (χ0) is 9.84. The lowest BCUT2D eigenvalue weighted by molar-refractivity contribution is 0.850. The topological polar surface area (TPSA) is 42.1 Å². The second-order valence-electron chi connectivity index (χ2n) is 2.98. The number of nitrogens with zero attached hydrogens (tertiary/aromatic N) is 2. The molecule has 0 amide bonds. The molecule has 13 heavy (non-hydrogen) atoms. The minimum absolute atomic E-state index is 0.713. The van der Waals surface area contributed by atoms with Crippen molar-refractivity contribution in [1.82, 2.24) is 4.98 Å². The van der Waals surface area contributed by atoms with Gasteiger partial charge in [0.05, 0.1) is 22.0 Å². The second-order valence-corrected chi connectivity index (χ2v) is 3.84. The average molecular weight is 244 g/mol. The number of halogens is 1. The van der Waals surface area contributed by atoms with Gasteiger partial charge in [-0.05, 0) is 22.4 Å². The van der Waals surface area contributed by atoms with Crippen molar-refractivity contribution in [3.63, 3.8) is 0 Å². The zero-order valence-electron chi connectivity index (χ0n) is 7.92. The molecule has 0 spiro atoms. The summed E-state index contributed by atoms with van der Waals surface area (Å²) in [6.07, 6.45) is 4.54. The molecule has 2 N–H and O–H groups in total. The van der Waals surface area contributed by atoms with Crippen LogP contribution in [0.3, 0.4) is 0 Å². The van der Waals surface area contributed by atoms with Gasteiger partial charge in [0.2, 0.25) is 0 Å². The van der Waals surface area contributed by atoms with E-state index in [-0.39, 0.29) is 0 Å². The molecule has 0 atom stereocenters. The first-order chi connectivity index (χ1) is 6.16. The van der Waals surface area contributed by atoms with E-state index in [2.05, 4.69) is 32.7 Å². The Morgan fingerprint density at radius 2 is 2.23 bits per heavy atom. The number of rotatable bonds is 3. The smallest absolute Gasteiger partial charge is 0.0773 e. The molecule has 0 radical (unpaired) electrons. The van der Waals surface area contributed by atoms with Gasteiger partial charge in [0, 0.05) is 19.8 Å². The standard InChI is InChI=1S/C9H14BrN3/c1-3-4-13(2)9-7(10)5-12-6-8(9)11/h5-6H,3-4,11H2,1-2H3. The molecular formula is C9H14BrN3. The van der Waals surface area contributed by atoms with E-state index >= 15 is 0 Å². The maximum atomic E-state index is 5.82. The predicted molar refractivity (Wildman–Crippen MR) is 59.9 cm³/mol. The summed E-state index contributed by atoms with van der Waals surface area (Å²) in [7, 11) is 2.03. The van der Waals surface area contributed by atoms with Gasteiger partial charge >= 0.3 is 0 Å². The molecule has 4 heteroatoms. The Kier molecular flexibility index (Phi) is 3.54. The number of aromatic nitrogens is 1. The van der Waals surface area contributed by atoms with Crippen LogP contribution in [0.2, 0.25) is 0 Å². The number of hydrogen-bond acceptors (Lipinski definition) is 3. The molecule has 0 aliphatic rings. The number of pyridine rings is 1. The first-order valence-corrected chi connectivity index (χ1v) is 5.06. The molecule has 0 unspecified atom stereocenters. The lowest BCUT2D eigenvalue weighted by Gasteiger charge is -2.21. The van der Waals surface area contributed by atoms with Crippen LogP contribution in [0.25, 0.3) is 0 Å². The number of anilines is 2. The van der Waals surface area contributed by atoms with E-state index in [1.807, 2.05) is 7.05 Å². The molecule has 3 nitrogen and oxygen atoms in total. The van der Waals surface area contributed by atoms with Gasteiger partial charge in [-0.3, -0.25) is 4.98 Å². The van der Waals surface area contributed by atoms with Crippen LogP contribution in [-0.2, 0) is 0 Å². The van der Waals surface area contributed by atoms with Crippen molar-refractivity contribution in [3.05, 3.63) is 16.9 Å². The molecule has 72 valence electrons. The first-order valence-electron chi connectivity index (χ1n) is 4.27. The highest BCUT2D eigenvalue weighted by atomic mass is 79.9. The molecule has 1 aromatic heterocycles. The molecule has 0 saturated heterocycles. The Hall–Kier alpha value is -0.770. The highest BCUT2D eigenvalue weighted by molar-refractivity contribution is 9.10. The molecule has 0 aliphatic heterocycles. The third-order valence-electron chi connectivity index (χ3n) is 1.84.